The Labute approximate surface area is 266 Å². The normalized spacial score (nSPS) is 11.5. The van der Waals surface area contributed by atoms with Crippen molar-refractivity contribution < 1.29 is 0 Å². The van der Waals surface area contributed by atoms with Crippen LogP contribution in [0.1, 0.15) is 0 Å². The predicted molar refractivity (Wildman–Crippen MR) is 192 cm³/mol. The van der Waals surface area contributed by atoms with Gasteiger partial charge in [-0.05, 0) is 70.8 Å². The molecule has 3 nitrogen and oxygen atoms in total. The maximum atomic E-state index is 7.95. The van der Waals surface area contributed by atoms with Crippen LogP contribution in [0.3, 0.4) is 0 Å². The number of para-hydroxylation sites is 5. The Kier molecular flexibility index (Phi) is 5.88. The van der Waals surface area contributed by atoms with E-state index in [0.717, 1.165) is 33.6 Å². The molecule has 0 saturated heterocycles. The van der Waals surface area contributed by atoms with Gasteiger partial charge in [0.15, 0.2) is 5.69 Å². The van der Waals surface area contributed by atoms with E-state index in [-0.39, 0.29) is 0 Å². The molecule has 0 fully saturated rings. The molecule has 9 aromatic rings. The van der Waals surface area contributed by atoms with Crippen molar-refractivity contribution in [2.75, 3.05) is 0 Å². The number of fused-ring (bicyclic) bond motifs is 6. The largest absolute Gasteiger partial charge is 0.309 e. The highest BCUT2D eigenvalue weighted by Crippen LogP contribution is 2.41. The van der Waals surface area contributed by atoms with Crippen molar-refractivity contribution in [2.45, 2.75) is 0 Å². The third-order valence-corrected chi connectivity index (χ3v) is 9.15. The Hall–Kier alpha value is -6.37. The van der Waals surface area contributed by atoms with Crippen LogP contribution in [-0.2, 0) is 0 Å². The maximum Gasteiger partial charge on any atom is 0.194 e. The molecule has 9 rings (SSSR count). The van der Waals surface area contributed by atoms with E-state index in [2.05, 4.69) is 160 Å². The highest BCUT2D eigenvalue weighted by molar-refractivity contribution is 6.10. The van der Waals surface area contributed by atoms with Crippen molar-refractivity contribution in [3.05, 3.63) is 175 Å². The monoisotopic (exact) mass is 585 g/mol. The molecule has 0 aliphatic rings. The quantitative estimate of drug-likeness (QED) is 0.182. The van der Waals surface area contributed by atoms with Gasteiger partial charge in [0.25, 0.3) is 0 Å². The van der Waals surface area contributed by atoms with E-state index in [1.54, 1.807) is 0 Å². The standard InChI is InChI=1S/C43H27N3/c1-44-39-20-7-2-15-33(39)32-26-25-31(46-42-23-10-5-18-36(42)37-19-6-11-24-43(37)46)28-38(32)29-13-12-14-30(27-29)45-40-21-8-3-16-34(40)35-17-4-9-22-41(35)45/h2-28H. The van der Waals surface area contributed by atoms with Crippen molar-refractivity contribution in [1.82, 2.24) is 9.13 Å². The summed E-state index contributed by atoms with van der Waals surface area (Å²) in [6, 6.07) is 57.8. The summed E-state index contributed by atoms with van der Waals surface area (Å²) in [5.41, 5.74) is 11.7. The third-order valence-electron chi connectivity index (χ3n) is 9.15. The van der Waals surface area contributed by atoms with Gasteiger partial charge in [-0.25, -0.2) is 4.85 Å². The van der Waals surface area contributed by atoms with Gasteiger partial charge in [0.05, 0.1) is 28.6 Å². The zero-order chi connectivity index (χ0) is 30.6. The van der Waals surface area contributed by atoms with Crippen LogP contribution in [-0.4, -0.2) is 9.13 Å². The molecule has 0 aliphatic heterocycles. The van der Waals surface area contributed by atoms with Crippen molar-refractivity contribution in [1.29, 1.82) is 0 Å². The van der Waals surface area contributed by atoms with E-state index in [1.807, 2.05) is 18.2 Å². The average molecular weight is 586 g/mol. The van der Waals surface area contributed by atoms with Crippen LogP contribution in [0.4, 0.5) is 5.69 Å². The summed E-state index contributed by atoms with van der Waals surface area (Å²) in [7, 11) is 0. The summed E-state index contributed by atoms with van der Waals surface area (Å²) in [6.07, 6.45) is 0. The Morgan fingerprint density at radius 2 is 0.848 bits per heavy atom. The summed E-state index contributed by atoms with van der Waals surface area (Å²) in [4.78, 5) is 3.90. The molecule has 214 valence electrons. The zero-order valence-electron chi connectivity index (χ0n) is 24.9. The van der Waals surface area contributed by atoms with Crippen LogP contribution in [0.5, 0.6) is 0 Å². The lowest BCUT2D eigenvalue weighted by Gasteiger charge is -2.17. The van der Waals surface area contributed by atoms with Crippen LogP contribution in [0.15, 0.2) is 164 Å². The molecular formula is C43H27N3. The van der Waals surface area contributed by atoms with Gasteiger partial charge in [-0.2, -0.15) is 0 Å². The summed E-state index contributed by atoms with van der Waals surface area (Å²) in [6.45, 7) is 7.95. The molecule has 2 aromatic heterocycles. The number of benzene rings is 7. The molecule has 0 bridgehead atoms. The van der Waals surface area contributed by atoms with Gasteiger partial charge >= 0.3 is 0 Å². The van der Waals surface area contributed by atoms with E-state index in [9.17, 15) is 0 Å². The predicted octanol–water partition coefficient (Wildman–Crippen LogP) is 11.8. The first-order valence-corrected chi connectivity index (χ1v) is 15.5. The summed E-state index contributed by atoms with van der Waals surface area (Å²) in [5, 5.41) is 4.94. The second-order valence-electron chi connectivity index (χ2n) is 11.6. The van der Waals surface area contributed by atoms with E-state index in [4.69, 9.17) is 6.57 Å². The van der Waals surface area contributed by atoms with Crippen molar-refractivity contribution in [2.24, 2.45) is 0 Å². The zero-order valence-corrected chi connectivity index (χ0v) is 24.9. The molecule has 0 radical (unpaired) electrons. The first kappa shape index (κ1) is 26.1. The smallest absolute Gasteiger partial charge is 0.194 e. The first-order valence-electron chi connectivity index (χ1n) is 15.5. The number of hydrogen-bond donors (Lipinski definition) is 0. The summed E-state index contributed by atoms with van der Waals surface area (Å²) >= 11 is 0. The SMILES string of the molecule is [C-]#[N+]c1ccccc1-c1ccc(-n2c3ccccc3c3ccccc32)cc1-c1cccc(-n2c3ccccc3c3ccccc32)c1. The van der Waals surface area contributed by atoms with Crippen LogP contribution in [0.25, 0.3) is 82.1 Å². The van der Waals surface area contributed by atoms with Crippen molar-refractivity contribution >= 4 is 49.3 Å². The lowest BCUT2D eigenvalue weighted by atomic mass is 9.92. The Bertz CT molecular complexity index is 2560. The van der Waals surface area contributed by atoms with Gasteiger partial charge in [0.1, 0.15) is 0 Å². The maximum absolute atomic E-state index is 7.95. The van der Waals surface area contributed by atoms with E-state index in [0.29, 0.717) is 5.69 Å². The fraction of sp³-hybridized carbons (Fsp3) is 0. The Morgan fingerprint density at radius 3 is 1.39 bits per heavy atom. The molecule has 0 amide bonds. The molecule has 0 saturated carbocycles. The van der Waals surface area contributed by atoms with E-state index >= 15 is 0 Å². The van der Waals surface area contributed by atoms with Crippen molar-refractivity contribution in [3.63, 3.8) is 0 Å². The minimum atomic E-state index is 0.645. The molecule has 0 atom stereocenters. The lowest BCUT2D eigenvalue weighted by Crippen LogP contribution is -1.97. The van der Waals surface area contributed by atoms with Gasteiger partial charge in [0.2, 0.25) is 0 Å². The van der Waals surface area contributed by atoms with Gasteiger partial charge in [-0.3, -0.25) is 0 Å². The summed E-state index contributed by atoms with van der Waals surface area (Å²) < 4.78 is 4.72. The van der Waals surface area contributed by atoms with E-state index in [1.165, 1.54) is 43.6 Å². The molecule has 0 spiro atoms. The van der Waals surface area contributed by atoms with Gasteiger partial charge < -0.3 is 9.13 Å². The molecule has 7 aromatic carbocycles. The molecule has 0 aliphatic carbocycles. The van der Waals surface area contributed by atoms with Crippen LogP contribution >= 0.6 is 0 Å². The molecular weight excluding hydrogens is 558 g/mol. The topological polar surface area (TPSA) is 14.2 Å². The van der Waals surface area contributed by atoms with E-state index < -0.39 is 0 Å². The molecule has 3 heteroatoms. The lowest BCUT2D eigenvalue weighted by molar-refractivity contribution is 1.17. The van der Waals surface area contributed by atoms with Crippen LogP contribution in [0.2, 0.25) is 0 Å². The highest BCUT2D eigenvalue weighted by atomic mass is 15.0. The Morgan fingerprint density at radius 1 is 0.370 bits per heavy atom. The molecule has 46 heavy (non-hydrogen) atoms. The minimum absolute atomic E-state index is 0.645. The average Bonchev–Trinajstić information content (AvgIpc) is 3.65. The fourth-order valence-electron chi connectivity index (χ4n) is 7.16. The van der Waals surface area contributed by atoms with Gasteiger partial charge in [-0.1, -0.05) is 115 Å². The van der Waals surface area contributed by atoms with Gasteiger partial charge in [-0.15, -0.1) is 0 Å². The van der Waals surface area contributed by atoms with Gasteiger partial charge in [0, 0.05) is 32.9 Å². The van der Waals surface area contributed by atoms with Crippen LogP contribution in [0, 0.1) is 6.57 Å². The number of nitrogens with zero attached hydrogens (tertiary/aromatic N) is 3. The minimum Gasteiger partial charge on any atom is -0.309 e. The first-order chi connectivity index (χ1) is 22.8. The van der Waals surface area contributed by atoms with Crippen molar-refractivity contribution in [3.8, 4) is 33.6 Å². The molecule has 2 heterocycles. The number of aromatic nitrogens is 2. The number of hydrogen-bond acceptors (Lipinski definition) is 0. The Balaban J connectivity index is 1.33. The summed E-state index contributed by atoms with van der Waals surface area (Å²) in [5.74, 6) is 0. The third kappa shape index (κ3) is 3.91. The fourth-order valence-corrected chi connectivity index (χ4v) is 7.16. The molecule has 0 N–H and O–H groups in total. The molecule has 0 unspecified atom stereocenters. The second-order valence-corrected chi connectivity index (χ2v) is 11.6. The van der Waals surface area contributed by atoms with Crippen LogP contribution < -0.4 is 0 Å². The second kappa shape index (κ2) is 10.4. The number of rotatable bonds is 4. The highest BCUT2D eigenvalue weighted by Gasteiger charge is 2.18.